The monoisotopic (exact) mass is 387 g/mol. The number of oxazole rings is 1. The molecule has 0 bridgehead atoms. The fourth-order valence-corrected chi connectivity index (χ4v) is 3.16. The number of aryl methyl sites for hydroxylation is 1. The number of rotatable bonds is 6. The summed E-state index contributed by atoms with van der Waals surface area (Å²) in [6.45, 7) is 1.81. The number of aromatic nitrogens is 1. The molecular weight excluding hydrogens is 366 g/mol. The number of nitrogens with zero attached hydrogens (tertiary/aromatic N) is 1. The van der Waals surface area contributed by atoms with Crippen molar-refractivity contribution in [3.05, 3.63) is 84.3 Å². The Hall–Kier alpha value is -3.80. The maximum Gasteiger partial charge on any atom is 0.251 e. The number of benzene rings is 3. The molecule has 0 aliphatic carbocycles. The Morgan fingerprint density at radius 3 is 2.62 bits per heavy atom. The number of ether oxygens (including phenoxy) is 1. The summed E-state index contributed by atoms with van der Waals surface area (Å²) in [5, 5.41) is 6.28. The van der Waals surface area contributed by atoms with Crippen LogP contribution in [0.25, 0.3) is 11.1 Å². The normalized spacial score (nSPS) is 11.8. The van der Waals surface area contributed by atoms with Gasteiger partial charge >= 0.3 is 0 Å². The number of carbonyl (C=O) groups excluding carboxylic acids is 1. The summed E-state index contributed by atoms with van der Waals surface area (Å²) < 4.78 is 10.8. The SMILES string of the molecule is COc1cccc(NC(=O)C(Nc2ccc3oc(C)nc3c2)c2ccccc2)c1. The second kappa shape index (κ2) is 8.06. The van der Waals surface area contributed by atoms with Gasteiger partial charge in [-0.2, -0.15) is 0 Å². The van der Waals surface area contributed by atoms with Gasteiger partial charge in [0.25, 0.3) is 5.91 Å². The van der Waals surface area contributed by atoms with Crippen molar-refractivity contribution < 1.29 is 13.9 Å². The molecule has 6 nitrogen and oxygen atoms in total. The second-order valence-electron chi connectivity index (χ2n) is 6.62. The zero-order chi connectivity index (χ0) is 20.2. The molecule has 0 spiro atoms. The van der Waals surface area contributed by atoms with Crippen LogP contribution in [0.4, 0.5) is 11.4 Å². The number of anilines is 2. The highest BCUT2D eigenvalue weighted by Crippen LogP contribution is 2.26. The van der Waals surface area contributed by atoms with Crippen LogP contribution in [-0.2, 0) is 4.79 Å². The minimum absolute atomic E-state index is 0.180. The van der Waals surface area contributed by atoms with Gasteiger partial charge in [-0.25, -0.2) is 4.98 Å². The van der Waals surface area contributed by atoms with Gasteiger partial charge in [-0.05, 0) is 35.9 Å². The number of carbonyl (C=O) groups is 1. The number of amides is 1. The fourth-order valence-electron chi connectivity index (χ4n) is 3.16. The van der Waals surface area contributed by atoms with Crippen LogP contribution in [0.2, 0.25) is 0 Å². The number of hydrogen-bond donors (Lipinski definition) is 2. The molecule has 0 radical (unpaired) electrons. The number of hydrogen-bond acceptors (Lipinski definition) is 5. The van der Waals surface area contributed by atoms with Crippen molar-refractivity contribution >= 4 is 28.4 Å². The molecular formula is C23H21N3O3. The molecule has 0 saturated carbocycles. The Morgan fingerprint density at radius 1 is 1.00 bits per heavy atom. The lowest BCUT2D eigenvalue weighted by molar-refractivity contribution is -0.117. The van der Waals surface area contributed by atoms with Crippen LogP contribution in [0, 0.1) is 6.92 Å². The Morgan fingerprint density at radius 2 is 1.83 bits per heavy atom. The van der Waals surface area contributed by atoms with E-state index in [2.05, 4.69) is 15.6 Å². The molecule has 0 fully saturated rings. The van der Waals surface area contributed by atoms with E-state index in [4.69, 9.17) is 9.15 Å². The van der Waals surface area contributed by atoms with Gasteiger partial charge < -0.3 is 19.8 Å². The van der Waals surface area contributed by atoms with Gasteiger partial charge in [0.05, 0.1) is 7.11 Å². The maximum atomic E-state index is 13.1. The molecule has 1 unspecified atom stereocenters. The first-order valence-electron chi connectivity index (χ1n) is 9.26. The first kappa shape index (κ1) is 18.6. The maximum absolute atomic E-state index is 13.1. The predicted octanol–water partition coefficient (Wildman–Crippen LogP) is 4.94. The number of methoxy groups -OCH3 is 1. The van der Waals surface area contributed by atoms with Crippen LogP contribution < -0.4 is 15.4 Å². The third-order valence-electron chi connectivity index (χ3n) is 4.54. The lowest BCUT2D eigenvalue weighted by atomic mass is 10.1. The molecule has 0 aliphatic rings. The van der Waals surface area contributed by atoms with Crippen LogP contribution in [-0.4, -0.2) is 18.0 Å². The lowest BCUT2D eigenvalue weighted by Crippen LogP contribution is -2.27. The molecule has 0 saturated heterocycles. The Balaban J connectivity index is 1.62. The van der Waals surface area contributed by atoms with Crippen LogP contribution in [0.1, 0.15) is 17.5 Å². The Labute approximate surface area is 168 Å². The molecule has 4 aromatic rings. The molecule has 1 aromatic heterocycles. The van der Waals surface area contributed by atoms with Crippen molar-refractivity contribution in [2.45, 2.75) is 13.0 Å². The summed E-state index contributed by atoms with van der Waals surface area (Å²) in [5.41, 5.74) is 3.75. The van der Waals surface area contributed by atoms with Gasteiger partial charge in [0.1, 0.15) is 17.3 Å². The van der Waals surface area contributed by atoms with Gasteiger partial charge in [-0.15, -0.1) is 0 Å². The van der Waals surface area contributed by atoms with Crippen LogP contribution in [0.5, 0.6) is 5.75 Å². The molecule has 4 rings (SSSR count). The molecule has 3 aromatic carbocycles. The first-order chi connectivity index (χ1) is 14.1. The van der Waals surface area contributed by atoms with Gasteiger partial charge in [0.15, 0.2) is 11.5 Å². The second-order valence-corrected chi connectivity index (χ2v) is 6.62. The summed E-state index contributed by atoms with van der Waals surface area (Å²) >= 11 is 0. The summed E-state index contributed by atoms with van der Waals surface area (Å²) in [6.07, 6.45) is 0. The van der Waals surface area contributed by atoms with E-state index in [1.54, 1.807) is 20.1 Å². The van der Waals surface area contributed by atoms with Crippen molar-refractivity contribution in [1.29, 1.82) is 0 Å². The van der Waals surface area contributed by atoms with E-state index < -0.39 is 6.04 Å². The molecule has 1 atom stereocenters. The average molecular weight is 387 g/mol. The van der Waals surface area contributed by atoms with Crippen molar-refractivity contribution in [2.24, 2.45) is 0 Å². The average Bonchev–Trinajstić information content (AvgIpc) is 3.12. The van der Waals surface area contributed by atoms with E-state index in [1.807, 2.05) is 66.7 Å². The molecule has 6 heteroatoms. The first-order valence-corrected chi connectivity index (χ1v) is 9.26. The van der Waals surface area contributed by atoms with E-state index in [0.29, 0.717) is 22.9 Å². The van der Waals surface area contributed by atoms with E-state index >= 15 is 0 Å². The predicted molar refractivity (Wildman–Crippen MR) is 113 cm³/mol. The van der Waals surface area contributed by atoms with Crippen LogP contribution >= 0.6 is 0 Å². The quantitative estimate of drug-likeness (QED) is 0.490. The highest BCUT2D eigenvalue weighted by Gasteiger charge is 2.21. The third kappa shape index (κ3) is 4.21. The highest BCUT2D eigenvalue weighted by atomic mass is 16.5. The van der Waals surface area contributed by atoms with Gasteiger partial charge in [0.2, 0.25) is 0 Å². The third-order valence-corrected chi connectivity index (χ3v) is 4.54. The summed E-state index contributed by atoms with van der Waals surface area (Å²) in [5.74, 6) is 1.10. The zero-order valence-corrected chi connectivity index (χ0v) is 16.2. The van der Waals surface area contributed by atoms with E-state index in [0.717, 1.165) is 16.8 Å². The van der Waals surface area contributed by atoms with Gasteiger partial charge in [0, 0.05) is 24.4 Å². The smallest absolute Gasteiger partial charge is 0.251 e. The molecule has 1 heterocycles. The summed E-state index contributed by atoms with van der Waals surface area (Å²) in [6, 6.07) is 21.9. The van der Waals surface area contributed by atoms with Gasteiger partial charge in [-0.3, -0.25) is 4.79 Å². The topological polar surface area (TPSA) is 76.4 Å². The van der Waals surface area contributed by atoms with Crippen molar-refractivity contribution in [1.82, 2.24) is 4.98 Å². The largest absolute Gasteiger partial charge is 0.497 e. The Bertz CT molecular complexity index is 1140. The van der Waals surface area contributed by atoms with E-state index in [-0.39, 0.29) is 5.91 Å². The summed E-state index contributed by atoms with van der Waals surface area (Å²) in [7, 11) is 1.59. The molecule has 29 heavy (non-hydrogen) atoms. The van der Waals surface area contributed by atoms with Crippen molar-refractivity contribution in [3.63, 3.8) is 0 Å². The van der Waals surface area contributed by atoms with Crippen molar-refractivity contribution in [2.75, 3.05) is 17.7 Å². The minimum atomic E-state index is -0.590. The summed E-state index contributed by atoms with van der Waals surface area (Å²) in [4.78, 5) is 17.5. The Kier molecular flexibility index (Phi) is 5.16. The minimum Gasteiger partial charge on any atom is -0.497 e. The molecule has 1 amide bonds. The molecule has 0 aliphatic heterocycles. The van der Waals surface area contributed by atoms with Crippen LogP contribution in [0.15, 0.2) is 77.2 Å². The highest BCUT2D eigenvalue weighted by molar-refractivity contribution is 5.97. The molecule has 146 valence electrons. The number of nitrogens with one attached hydrogen (secondary N) is 2. The van der Waals surface area contributed by atoms with Gasteiger partial charge in [-0.1, -0.05) is 36.4 Å². The zero-order valence-electron chi connectivity index (χ0n) is 16.2. The fraction of sp³-hybridized carbons (Fsp3) is 0.130. The van der Waals surface area contributed by atoms with E-state index in [1.165, 1.54) is 0 Å². The van der Waals surface area contributed by atoms with Crippen molar-refractivity contribution in [3.8, 4) is 5.75 Å². The number of fused-ring (bicyclic) bond motifs is 1. The van der Waals surface area contributed by atoms with Crippen LogP contribution in [0.3, 0.4) is 0 Å². The standard InChI is InChI=1S/C23H21N3O3/c1-15-24-20-14-18(11-12-21(20)29-15)25-22(16-7-4-3-5-8-16)23(27)26-17-9-6-10-19(13-17)28-2/h3-14,22,25H,1-2H3,(H,26,27). The lowest BCUT2D eigenvalue weighted by Gasteiger charge is -2.20. The van der Waals surface area contributed by atoms with E-state index in [9.17, 15) is 4.79 Å². The molecule has 2 N–H and O–H groups in total.